The number of nitrogens with two attached hydrogens (primary N) is 1. The molecule has 3 N–H and O–H groups in total. The van der Waals surface area contributed by atoms with Crippen LogP contribution in [-0.4, -0.2) is 10.5 Å². The zero-order chi connectivity index (χ0) is 15.6. The van der Waals surface area contributed by atoms with Crippen molar-refractivity contribution in [3.63, 3.8) is 0 Å². The van der Waals surface area contributed by atoms with E-state index in [0.717, 1.165) is 12.1 Å². The highest BCUT2D eigenvalue weighted by atomic mass is 19.4. The van der Waals surface area contributed by atoms with Gasteiger partial charge in [0.1, 0.15) is 0 Å². The molecule has 21 heavy (non-hydrogen) atoms. The van der Waals surface area contributed by atoms with Crippen LogP contribution in [0.3, 0.4) is 0 Å². The van der Waals surface area contributed by atoms with Gasteiger partial charge in [0, 0.05) is 30.6 Å². The van der Waals surface area contributed by atoms with Crippen LogP contribution in [0.4, 0.5) is 13.2 Å². The first-order chi connectivity index (χ1) is 9.82. The molecule has 1 amide bonds. The molecule has 0 aliphatic heterocycles. The van der Waals surface area contributed by atoms with Crippen molar-refractivity contribution in [2.24, 2.45) is 5.84 Å². The van der Waals surface area contributed by atoms with Crippen molar-refractivity contribution >= 4 is 16.8 Å². The third-order valence-corrected chi connectivity index (χ3v) is 3.05. The van der Waals surface area contributed by atoms with Gasteiger partial charge in [0.25, 0.3) is 0 Å². The third kappa shape index (κ3) is 3.22. The van der Waals surface area contributed by atoms with E-state index in [9.17, 15) is 22.8 Å². The number of carbonyl (C=O) groups is 1. The SMILES string of the molecule is NNC(=O)CCn1ccc(=O)c2cc(C(F)(F)F)ccc21. The number of hydrogen-bond acceptors (Lipinski definition) is 3. The van der Waals surface area contributed by atoms with E-state index in [4.69, 9.17) is 5.84 Å². The van der Waals surface area contributed by atoms with E-state index in [1.807, 2.05) is 5.43 Å². The van der Waals surface area contributed by atoms with Gasteiger partial charge in [-0.2, -0.15) is 13.2 Å². The Morgan fingerprint density at radius 1 is 1.29 bits per heavy atom. The minimum atomic E-state index is -4.51. The number of fused-ring (bicyclic) bond motifs is 1. The smallest absolute Gasteiger partial charge is 0.347 e. The largest absolute Gasteiger partial charge is 0.416 e. The van der Waals surface area contributed by atoms with Crippen LogP contribution in [0.5, 0.6) is 0 Å². The zero-order valence-electron chi connectivity index (χ0n) is 10.8. The quantitative estimate of drug-likeness (QED) is 0.511. The first kappa shape index (κ1) is 15.0. The predicted molar refractivity (Wildman–Crippen MR) is 70.2 cm³/mol. The summed E-state index contributed by atoms with van der Waals surface area (Å²) in [6.07, 6.45) is -3.03. The molecule has 0 fully saturated rings. The lowest BCUT2D eigenvalue weighted by Crippen LogP contribution is -2.30. The molecule has 112 valence electrons. The van der Waals surface area contributed by atoms with Gasteiger partial charge in [-0.15, -0.1) is 0 Å². The van der Waals surface area contributed by atoms with Crippen molar-refractivity contribution in [1.29, 1.82) is 0 Å². The number of pyridine rings is 1. The number of hydrazine groups is 1. The molecule has 0 unspecified atom stereocenters. The van der Waals surface area contributed by atoms with E-state index in [-0.39, 0.29) is 18.4 Å². The number of halogens is 3. The number of aromatic nitrogens is 1. The van der Waals surface area contributed by atoms with Crippen LogP contribution in [0, 0.1) is 0 Å². The Balaban J connectivity index is 2.48. The van der Waals surface area contributed by atoms with Crippen molar-refractivity contribution < 1.29 is 18.0 Å². The molecular formula is C13H12F3N3O2. The van der Waals surface area contributed by atoms with Crippen LogP contribution in [-0.2, 0) is 17.5 Å². The summed E-state index contributed by atoms with van der Waals surface area (Å²) < 4.78 is 39.6. The van der Waals surface area contributed by atoms with Crippen LogP contribution in [0.25, 0.3) is 10.9 Å². The summed E-state index contributed by atoms with van der Waals surface area (Å²) in [5.74, 6) is 4.55. The zero-order valence-corrected chi connectivity index (χ0v) is 10.8. The lowest BCUT2D eigenvalue weighted by atomic mass is 10.1. The number of amides is 1. The fourth-order valence-electron chi connectivity index (χ4n) is 1.98. The molecule has 0 spiro atoms. The van der Waals surface area contributed by atoms with Crippen molar-refractivity contribution in [2.75, 3.05) is 0 Å². The second kappa shape index (κ2) is 5.57. The molecule has 0 radical (unpaired) electrons. The molecule has 1 aromatic carbocycles. The van der Waals surface area contributed by atoms with Crippen LogP contribution in [0.1, 0.15) is 12.0 Å². The van der Waals surface area contributed by atoms with Gasteiger partial charge in [0.2, 0.25) is 5.91 Å². The van der Waals surface area contributed by atoms with Gasteiger partial charge in [-0.3, -0.25) is 15.0 Å². The van der Waals surface area contributed by atoms with Crippen LogP contribution >= 0.6 is 0 Å². The predicted octanol–water partition coefficient (Wildman–Crippen LogP) is 1.40. The standard InChI is InChI=1S/C13H12F3N3O2/c14-13(15,16)8-1-2-10-9(7-8)11(20)3-5-19(10)6-4-12(21)18-17/h1-3,5,7H,4,6,17H2,(H,18,21). The summed E-state index contributed by atoms with van der Waals surface area (Å²) in [5.41, 5.74) is 0.906. The highest BCUT2D eigenvalue weighted by Gasteiger charge is 2.30. The Labute approximate surface area is 117 Å². The Morgan fingerprint density at radius 3 is 2.62 bits per heavy atom. The molecule has 0 saturated carbocycles. The molecule has 5 nitrogen and oxygen atoms in total. The van der Waals surface area contributed by atoms with Gasteiger partial charge in [-0.1, -0.05) is 0 Å². The number of benzene rings is 1. The number of alkyl halides is 3. The van der Waals surface area contributed by atoms with E-state index < -0.39 is 23.1 Å². The number of aryl methyl sites for hydroxylation is 1. The molecule has 1 heterocycles. The summed E-state index contributed by atoms with van der Waals surface area (Å²) in [4.78, 5) is 22.8. The summed E-state index contributed by atoms with van der Waals surface area (Å²) >= 11 is 0. The Hall–Kier alpha value is -2.35. The minimum Gasteiger partial charge on any atom is -0.347 e. The molecule has 0 bridgehead atoms. The lowest BCUT2D eigenvalue weighted by Gasteiger charge is -2.12. The van der Waals surface area contributed by atoms with Gasteiger partial charge >= 0.3 is 6.18 Å². The molecule has 2 rings (SSSR count). The second-order valence-electron chi connectivity index (χ2n) is 4.42. The fraction of sp³-hybridized carbons (Fsp3) is 0.231. The highest BCUT2D eigenvalue weighted by molar-refractivity contribution is 5.80. The average Bonchev–Trinajstić information content (AvgIpc) is 2.45. The van der Waals surface area contributed by atoms with Gasteiger partial charge < -0.3 is 4.57 Å². The Bertz CT molecular complexity index is 737. The van der Waals surface area contributed by atoms with Crippen LogP contribution in [0.15, 0.2) is 35.3 Å². The summed E-state index contributed by atoms with van der Waals surface area (Å²) in [6, 6.07) is 4.11. The molecule has 8 heteroatoms. The van der Waals surface area contributed by atoms with Crippen molar-refractivity contribution in [1.82, 2.24) is 9.99 Å². The van der Waals surface area contributed by atoms with E-state index >= 15 is 0 Å². The monoisotopic (exact) mass is 299 g/mol. The summed E-state index contributed by atoms with van der Waals surface area (Å²) in [6.45, 7) is 0.200. The maximum atomic E-state index is 12.7. The first-order valence-corrected chi connectivity index (χ1v) is 6.03. The van der Waals surface area contributed by atoms with Crippen LogP contribution in [0.2, 0.25) is 0 Å². The number of rotatable bonds is 3. The molecule has 0 aliphatic carbocycles. The van der Waals surface area contributed by atoms with Gasteiger partial charge in [0.15, 0.2) is 5.43 Å². The first-order valence-electron chi connectivity index (χ1n) is 6.03. The number of carbonyl (C=O) groups excluding carboxylic acids is 1. The molecule has 0 atom stereocenters. The van der Waals surface area contributed by atoms with Crippen molar-refractivity contribution in [3.05, 3.63) is 46.2 Å². The van der Waals surface area contributed by atoms with Gasteiger partial charge in [0.05, 0.1) is 11.1 Å². The van der Waals surface area contributed by atoms with Gasteiger partial charge in [-0.05, 0) is 18.2 Å². The van der Waals surface area contributed by atoms with Crippen molar-refractivity contribution in [2.45, 2.75) is 19.1 Å². The highest BCUT2D eigenvalue weighted by Crippen LogP contribution is 2.30. The summed E-state index contributed by atoms with van der Waals surface area (Å²) in [5, 5.41) is -0.0412. The number of nitrogens with zero attached hydrogens (tertiary/aromatic N) is 1. The third-order valence-electron chi connectivity index (χ3n) is 3.05. The maximum absolute atomic E-state index is 12.7. The van der Waals surface area contributed by atoms with E-state index in [0.29, 0.717) is 5.52 Å². The molecule has 1 aromatic heterocycles. The van der Waals surface area contributed by atoms with Crippen LogP contribution < -0.4 is 16.7 Å². The average molecular weight is 299 g/mol. The molecule has 0 saturated heterocycles. The van der Waals surface area contributed by atoms with E-state index in [1.165, 1.54) is 22.9 Å². The number of hydrogen-bond donors (Lipinski definition) is 2. The maximum Gasteiger partial charge on any atom is 0.416 e. The molecule has 0 aliphatic rings. The number of nitrogens with one attached hydrogen (secondary N) is 1. The minimum absolute atomic E-state index is 0.0412. The Kier molecular flexibility index (Phi) is 3.99. The summed E-state index contributed by atoms with van der Waals surface area (Å²) in [7, 11) is 0. The molecule has 2 aromatic rings. The van der Waals surface area contributed by atoms with Gasteiger partial charge in [-0.25, -0.2) is 5.84 Å². The lowest BCUT2D eigenvalue weighted by molar-refractivity contribution is -0.137. The Morgan fingerprint density at radius 2 is 2.00 bits per heavy atom. The van der Waals surface area contributed by atoms with E-state index in [1.54, 1.807) is 0 Å². The fourth-order valence-corrected chi connectivity index (χ4v) is 1.98. The topological polar surface area (TPSA) is 77.1 Å². The van der Waals surface area contributed by atoms with Crippen molar-refractivity contribution in [3.8, 4) is 0 Å². The molecular weight excluding hydrogens is 287 g/mol. The second-order valence-corrected chi connectivity index (χ2v) is 4.42. The van der Waals surface area contributed by atoms with E-state index in [2.05, 4.69) is 0 Å². The normalized spacial score (nSPS) is 11.6.